The van der Waals surface area contributed by atoms with Gasteiger partial charge in [0.15, 0.2) is 0 Å². The summed E-state index contributed by atoms with van der Waals surface area (Å²) in [5, 5.41) is 0. The molecule has 0 radical (unpaired) electrons. The smallest absolute Gasteiger partial charge is 0.111 e. The second-order valence-electron chi connectivity index (χ2n) is 22.7. The summed E-state index contributed by atoms with van der Waals surface area (Å²) in [6, 6.07) is 40.2. The second kappa shape index (κ2) is 21.9. The van der Waals surface area contributed by atoms with E-state index in [0.717, 1.165) is 74.6 Å². The Morgan fingerprint density at radius 1 is 0.387 bits per heavy atom. The molecule has 75 heavy (non-hydrogen) atoms. The fraction of sp³-hybridized carbons (Fsp3) is 0.462. The molecule has 8 heterocycles. The van der Waals surface area contributed by atoms with E-state index in [4.69, 9.17) is 15.0 Å². The van der Waals surface area contributed by atoms with Gasteiger partial charge in [0.2, 0.25) is 0 Å². The maximum Gasteiger partial charge on any atom is 0.111 e. The maximum atomic E-state index is 5.06. The first-order chi connectivity index (χ1) is 36.4. The van der Waals surface area contributed by atoms with Crippen molar-refractivity contribution in [2.45, 2.75) is 155 Å². The van der Waals surface area contributed by atoms with E-state index in [2.05, 4.69) is 162 Å². The highest BCUT2D eigenvalue weighted by Gasteiger charge is 2.29. The number of benzene rings is 4. The van der Waals surface area contributed by atoms with Crippen LogP contribution in [-0.2, 0) is 38.9 Å². The lowest BCUT2D eigenvalue weighted by Crippen LogP contribution is -2.43. The van der Waals surface area contributed by atoms with Gasteiger partial charge in [0.25, 0.3) is 0 Å². The molecule has 10 heteroatoms. The molecule has 0 unspecified atom stereocenters. The van der Waals surface area contributed by atoms with Crippen molar-refractivity contribution >= 4 is 38.6 Å². The van der Waals surface area contributed by atoms with Crippen molar-refractivity contribution in [2.75, 3.05) is 39.3 Å². The minimum atomic E-state index is 0. The molecule has 6 aliphatic rings. The Hall–Kier alpha value is -6.07. The van der Waals surface area contributed by atoms with Crippen LogP contribution in [0.3, 0.4) is 0 Å². The Labute approximate surface area is 445 Å². The first-order valence-corrected chi connectivity index (χ1v) is 28.7. The molecule has 0 atom stereocenters. The minimum Gasteiger partial charge on any atom is -0.328 e. The zero-order valence-electron chi connectivity index (χ0n) is 44.1. The molecule has 10 nitrogen and oxygen atoms in total. The monoisotopic (exact) mass is 1000 g/mol. The van der Waals surface area contributed by atoms with Crippen molar-refractivity contribution < 1.29 is 0 Å². The number of aromatic nitrogens is 7. The van der Waals surface area contributed by atoms with Gasteiger partial charge in [-0.2, -0.15) is 0 Å². The van der Waals surface area contributed by atoms with E-state index in [0.29, 0.717) is 0 Å². The largest absolute Gasteiger partial charge is 0.328 e. The Morgan fingerprint density at radius 3 is 1.27 bits per heavy atom. The van der Waals surface area contributed by atoms with Crippen LogP contribution in [0.1, 0.15) is 113 Å². The van der Waals surface area contributed by atoms with Crippen molar-refractivity contribution in [3.63, 3.8) is 0 Å². The van der Waals surface area contributed by atoms with Crippen LogP contribution in [0, 0.1) is 13.8 Å². The number of fused-ring (bicyclic) bond motifs is 10. The summed E-state index contributed by atoms with van der Waals surface area (Å²) in [4.78, 5) is 23.1. The summed E-state index contributed by atoms with van der Waals surface area (Å²) in [7, 11) is 0. The van der Waals surface area contributed by atoms with E-state index in [-0.39, 0.29) is 7.43 Å². The molecule has 3 saturated carbocycles. The molecule has 4 aromatic carbocycles. The van der Waals surface area contributed by atoms with E-state index in [9.17, 15) is 0 Å². The highest BCUT2D eigenvalue weighted by Crippen LogP contribution is 2.32. The van der Waals surface area contributed by atoms with Gasteiger partial charge >= 0.3 is 0 Å². The van der Waals surface area contributed by atoms with Gasteiger partial charge in [0.1, 0.15) is 17.5 Å². The van der Waals surface area contributed by atoms with Gasteiger partial charge in [-0.1, -0.05) is 80.8 Å². The third kappa shape index (κ3) is 10.3. The van der Waals surface area contributed by atoms with Crippen LogP contribution in [0.5, 0.6) is 0 Å². The predicted molar refractivity (Wildman–Crippen MR) is 310 cm³/mol. The molecule has 9 aromatic rings. The number of rotatable bonds is 5. The average molecular weight is 1000 g/mol. The fourth-order valence-corrected chi connectivity index (χ4v) is 13.0. The van der Waals surface area contributed by atoms with Crippen molar-refractivity contribution in [1.29, 1.82) is 0 Å². The fourth-order valence-electron chi connectivity index (χ4n) is 13.0. The standard InChI is InChI=1S/C24H26N4.C23H27N3.C17H23N3.CH4/c1-4-20(5-1)26-13-3-14-28-23-10-8-18(16-22(23)25-24(28)11-15-26)19-7-9-21-6-2-12-27(21)17-19;1-17-6-8-18(9-7-17)19-10-11-22-21(16-19)24-23-12-15-25(20-4-2-5-20)13-3-14-26(22)23;1-13-6-7-16-15(12-13)18-17-8-11-19(14-4-2-5-14)9-3-10-20(16)17;/h2,6-10,12,16-17,20H,1,3-5,11,13-15H2;6-11,16,20H,2-5,12-15H2,1H3;6-7,12,14H,2-5,8-11H2,1H3;1H4. The Morgan fingerprint density at radius 2 is 0.800 bits per heavy atom. The highest BCUT2D eigenvalue weighted by atomic mass is 15.2. The topological polar surface area (TPSA) is 67.6 Å². The van der Waals surface area contributed by atoms with Crippen molar-refractivity contribution in [3.8, 4) is 22.3 Å². The molecule has 0 saturated heterocycles. The number of imidazole rings is 3. The predicted octanol–water partition coefficient (Wildman–Crippen LogP) is 13.4. The lowest BCUT2D eigenvalue weighted by atomic mass is 9.91. The molecule has 0 N–H and O–H groups in total. The summed E-state index contributed by atoms with van der Waals surface area (Å²) in [5.74, 6) is 3.82. The van der Waals surface area contributed by atoms with Crippen LogP contribution >= 0.6 is 0 Å². The lowest BCUT2D eigenvalue weighted by molar-refractivity contribution is 0.120. The number of hydrogen-bond acceptors (Lipinski definition) is 6. The van der Waals surface area contributed by atoms with Crippen LogP contribution in [0.15, 0.2) is 116 Å². The number of hydrogen-bond donors (Lipinski definition) is 0. The van der Waals surface area contributed by atoms with Crippen molar-refractivity contribution in [1.82, 2.24) is 47.8 Å². The third-order valence-corrected chi connectivity index (χ3v) is 18.0. The lowest BCUT2D eigenvalue weighted by Gasteiger charge is -2.38. The molecule has 390 valence electrons. The van der Waals surface area contributed by atoms with E-state index in [1.54, 1.807) is 0 Å². The summed E-state index contributed by atoms with van der Waals surface area (Å²) < 4.78 is 9.56. The molecule has 0 amide bonds. The van der Waals surface area contributed by atoms with Crippen LogP contribution < -0.4 is 0 Å². The van der Waals surface area contributed by atoms with Crippen LogP contribution in [-0.4, -0.2) is 105 Å². The number of nitrogens with zero attached hydrogens (tertiary/aromatic N) is 10. The minimum absolute atomic E-state index is 0. The Kier molecular flexibility index (Phi) is 14.5. The van der Waals surface area contributed by atoms with Gasteiger partial charge in [-0.25, -0.2) is 15.0 Å². The summed E-state index contributed by atoms with van der Waals surface area (Å²) in [5.41, 5.74) is 16.2. The average Bonchev–Trinajstić information content (AvgIpc) is 4.14. The normalized spacial score (nSPS) is 19.2. The number of pyridine rings is 1. The Balaban J connectivity index is 0.000000115. The summed E-state index contributed by atoms with van der Waals surface area (Å²) in [6.45, 7) is 14.8. The molecule has 3 aliphatic heterocycles. The quantitative estimate of drug-likeness (QED) is 0.171. The molecule has 15 rings (SSSR count). The molecule has 5 aromatic heterocycles. The summed E-state index contributed by atoms with van der Waals surface area (Å²) >= 11 is 0. The molecule has 3 aliphatic carbocycles. The zero-order valence-corrected chi connectivity index (χ0v) is 44.1. The maximum absolute atomic E-state index is 5.06. The summed E-state index contributed by atoms with van der Waals surface area (Å²) in [6.07, 6.45) is 23.9. The number of aryl methyl sites for hydroxylation is 5. The van der Waals surface area contributed by atoms with Gasteiger partial charge in [-0.05, 0) is 154 Å². The van der Waals surface area contributed by atoms with Gasteiger partial charge in [0.05, 0.1) is 33.1 Å². The molecular formula is C65H80N10. The zero-order chi connectivity index (χ0) is 49.5. The van der Waals surface area contributed by atoms with E-state index < -0.39 is 0 Å². The van der Waals surface area contributed by atoms with Crippen LogP contribution in [0.4, 0.5) is 0 Å². The van der Waals surface area contributed by atoms with E-state index in [1.165, 1.54) is 188 Å². The van der Waals surface area contributed by atoms with E-state index in [1.807, 2.05) is 0 Å². The Bertz CT molecular complexity index is 3390. The van der Waals surface area contributed by atoms with Crippen LogP contribution in [0.2, 0.25) is 0 Å². The van der Waals surface area contributed by atoms with Gasteiger partial charge < -0.3 is 18.1 Å². The molecular weight excluding hydrogens is 921 g/mol. The van der Waals surface area contributed by atoms with Gasteiger partial charge in [-0.3, -0.25) is 14.7 Å². The molecule has 0 bridgehead atoms. The first-order valence-electron chi connectivity index (χ1n) is 28.7. The van der Waals surface area contributed by atoms with Crippen molar-refractivity contribution in [2.24, 2.45) is 0 Å². The molecule has 3 fully saturated rings. The van der Waals surface area contributed by atoms with Crippen molar-refractivity contribution in [3.05, 3.63) is 144 Å². The third-order valence-electron chi connectivity index (χ3n) is 18.0. The van der Waals surface area contributed by atoms with Crippen LogP contribution in [0.25, 0.3) is 60.9 Å². The second-order valence-corrected chi connectivity index (χ2v) is 22.7. The molecule has 0 spiro atoms. The van der Waals surface area contributed by atoms with Gasteiger partial charge in [0, 0.05) is 114 Å². The SMILES string of the molecule is C.Cc1ccc(-c2ccc3c(c2)nc2n3CCCN(C3CCC3)CC2)cc1.Cc1ccc2c(c1)nc1n2CCCN(C2CCC2)CC1.c1cc2ccc(-c3ccc4c(c3)nc3n4CCCN(C4CCC4)CC3)cn2c1. The highest BCUT2D eigenvalue weighted by molar-refractivity contribution is 5.84. The van der Waals surface area contributed by atoms with E-state index >= 15 is 0 Å². The van der Waals surface area contributed by atoms with Gasteiger partial charge in [-0.15, -0.1) is 0 Å². The first kappa shape index (κ1) is 49.8.